The predicted molar refractivity (Wildman–Crippen MR) is 151 cm³/mol. The highest BCUT2D eigenvalue weighted by molar-refractivity contribution is 7.16. The number of carbonyl (C=O) groups is 1. The number of nitrogens with one attached hydrogen (secondary N) is 3. The molecule has 0 spiro atoms. The Balaban J connectivity index is 1.24. The first-order valence-electron chi connectivity index (χ1n) is 13.9. The van der Waals surface area contributed by atoms with Gasteiger partial charge in [0.25, 0.3) is 0 Å². The van der Waals surface area contributed by atoms with Crippen LogP contribution in [0.1, 0.15) is 56.1 Å². The van der Waals surface area contributed by atoms with Gasteiger partial charge in [-0.15, -0.1) is 0 Å². The van der Waals surface area contributed by atoms with Gasteiger partial charge in [0, 0.05) is 32.1 Å². The summed E-state index contributed by atoms with van der Waals surface area (Å²) >= 11 is 1.10. The summed E-state index contributed by atoms with van der Waals surface area (Å²) in [7, 11) is 0. The van der Waals surface area contributed by atoms with Gasteiger partial charge in [-0.2, -0.15) is 0 Å². The fraction of sp³-hybridized carbons (Fsp3) is 0.517. The molecule has 1 aliphatic carbocycles. The average Bonchev–Trinajstić information content (AvgIpc) is 3.13. The first-order chi connectivity index (χ1) is 18.9. The normalized spacial score (nSPS) is 14.5. The number of halogens is 2. The number of H-pyrrole nitrogens is 1. The molecular weight excluding hydrogens is 522 g/mol. The number of nitrogens with zero attached hydrogens (tertiary/aromatic N) is 1. The van der Waals surface area contributed by atoms with Crippen molar-refractivity contribution in [3.8, 4) is 5.75 Å². The number of fused-ring (bicyclic) bond motifs is 1. The molecule has 10 heteroatoms. The molecule has 0 unspecified atom stereocenters. The number of thiazole rings is 1. The summed E-state index contributed by atoms with van der Waals surface area (Å²) in [5, 5.41) is 16.6. The molecule has 0 radical (unpaired) electrons. The van der Waals surface area contributed by atoms with Gasteiger partial charge in [0.05, 0.1) is 4.70 Å². The lowest BCUT2D eigenvalue weighted by Crippen LogP contribution is -2.45. The number of phenols is 1. The number of hydrogen-bond acceptors (Lipinski definition) is 6. The lowest BCUT2D eigenvalue weighted by Gasteiger charge is -2.32. The number of aromatic amines is 1. The van der Waals surface area contributed by atoms with E-state index in [2.05, 4.69) is 15.6 Å². The minimum atomic E-state index is -0.452. The van der Waals surface area contributed by atoms with Crippen LogP contribution >= 0.6 is 11.3 Å². The molecule has 1 amide bonds. The van der Waals surface area contributed by atoms with Crippen molar-refractivity contribution in [2.45, 2.75) is 63.8 Å². The number of aromatic hydroxyl groups is 1. The van der Waals surface area contributed by atoms with Crippen molar-refractivity contribution >= 4 is 27.5 Å². The van der Waals surface area contributed by atoms with Gasteiger partial charge in [-0.1, -0.05) is 43.1 Å². The summed E-state index contributed by atoms with van der Waals surface area (Å²) in [6, 6.07) is 7.17. The quantitative estimate of drug-likeness (QED) is 0.183. The average molecular weight is 561 g/mol. The van der Waals surface area contributed by atoms with Gasteiger partial charge in [0.1, 0.15) is 22.9 Å². The molecule has 1 saturated carbocycles. The molecule has 0 saturated heterocycles. The highest BCUT2D eigenvalue weighted by Gasteiger charge is 2.24. The summed E-state index contributed by atoms with van der Waals surface area (Å²) in [5.41, 5.74) is 1.82. The van der Waals surface area contributed by atoms with Crippen LogP contribution in [-0.4, -0.2) is 59.7 Å². The molecule has 7 nitrogen and oxygen atoms in total. The Morgan fingerprint density at radius 3 is 2.46 bits per heavy atom. The fourth-order valence-corrected chi connectivity index (χ4v) is 6.22. The summed E-state index contributed by atoms with van der Waals surface area (Å²) < 4.78 is 28.0. The Morgan fingerprint density at radius 2 is 1.69 bits per heavy atom. The van der Waals surface area contributed by atoms with Gasteiger partial charge in [-0.25, -0.2) is 8.78 Å². The molecule has 4 rings (SSSR count). The van der Waals surface area contributed by atoms with Gasteiger partial charge < -0.3 is 25.6 Å². The van der Waals surface area contributed by atoms with Crippen molar-refractivity contribution in [1.29, 1.82) is 0 Å². The number of amides is 1. The molecule has 0 atom stereocenters. The van der Waals surface area contributed by atoms with Crippen LogP contribution in [0.25, 0.3) is 10.2 Å². The number of hydrogen-bond donors (Lipinski definition) is 4. The van der Waals surface area contributed by atoms with Gasteiger partial charge in [0.2, 0.25) is 5.91 Å². The maximum atomic E-state index is 13.8. The van der Waals surface area contributed by atoms with E-state index in [1.54, 1.807) is 6.07 Å². The van der Waals surface area contributed by atoms with Crippen molar-refractivity contribution in [2.75, 3.05) is 32.7 Å². The number of carbonyl (C=O) groups excluding carboxylic acids is 1. The molecule has 4 N–H and O–H groups in total. The van der Waals surface area contributed by atoms with Crippen LogP contribution in [0.4, 0.5) is 8.78 Å². The smallest absolute Gasteiger partial charge is 0.305 e. The van der Waals surface area contributed by atoms with Crippen molar-refractivity contribution in [3.63, 3.8) is 0 Å². The van der Waals surface area contributed by atoms with E-state index in [4.69, 9.17) is 0 Å². The lowest BCUT2D eigenvalue weighted by atomic mass is 10.1. The molecule has 212 valence electrons. The summed E-state index contributed by atoms with van der Waals surface area (Å²) in [6.45, 7) is 2.94. The predicted octanol–water partition coefficient (Wildman–Crippen LogP) is 4.48. The zero-order valence-electron chi connectivity index (χ0n) is 22.2. The van der Waals surface area contributed by atoms with Crippen LogP contribution in [0.5, 0.6) is 5.75 Å². The molecule has 1 heterocycles. The van der Waals surface area contributed by atoms with Crippen molar-refractivity contribution in [1.82, 2.24) is 20.5 Å². The fourth-order valence-electron chi connectivity index (χ4n) is 5.32. The second kappa shape index (κ2) is 14.5. The molecule has 1 aromatic heterocycles. The Bertz CT molecular complexity index is 1290. The molecule has 0 bridgehead atoms. The van der Waals surface area contributed by atoms with E-state index in [-0.39, 0.29) is 22.6 Å². The number of rotatable bonds is 13. The molecule has 39 heavy (non-hydrogen) atoms. The first kappa shape index (κ1) is 29.2. The third kappa shape index (κ3) is 8.33. The minimum absolute atomic E-state index is 0.0771. The Morgan fingerprint density at radius 1 is 0.974 bits per heavy atom. The van der Waals surface area contributed by atoms with Gasteiger partial charge in [-0.3, -0.25) is 9.59 Å². The van der Waals surface area contributed by atoms with Crippen LogP contribution in [0.15, 0.2) is 35.1 Å². The second-order valence-corrected chi connectivity index (χ2v) is 11.2. The summed E-state index contributed by atoms with van der Waals surface area (Å²) in [6.07, 6.45) is 8.17. The van der Waals surface area contributed by atoms with Crippen LogP contribution in [-0.2, 0) is 17.6 Å². The molecular formula is C29H38F2N4O3S. The van der Waals surface area contributed by atoms with Crippen LogP contribution < -0.4 is 15.5 Å². The summed E-state index contributed by atoms with van der Waals surface area (Å²) in [4.78, 5) is 29.5. The summed E-state index contributed by atoms with van der Waals surface area (Å²) in [5.74, 6) is -0.675. The molecule has 2 aromatic carbocycles. The molecule has 3 aromatic rings. The first-order valence-corrected chi connectivity index (χ1v) is 14.7. The highest BCUT2D eigenvalue weighted by atomic mass is 32.1. The zero-order chi connectivity index (χ0) is 27.6. The molecule has 0 aliphatic heterocycles. The monoisotopic (exact) mass is 560 g/mol. The van der Waals surface area contributed by atoms with Gasteiger partial charge >= 0.3 is 4.87 Å². The maximum Gasteiger partial charge on any atom is 0.305 e. The van der Waals surface area contributed by atoms with E-state index in [9.17, 15) is 23.5 Å². The topological polar surface area (TPSA) is 97.5 Å². The third-order valence-electron chi connectivity index (χ3n) is 7.42. The Labute approximate surface area is 231 Å². The molecule has 1 aliphatic rings. The highest BCUT2D eigenvalue weighted by Crippen LogP contribution is 2.28. The van der Waals surface area contributed by atoms with Crippen molar-refractivity contribution < 1.29 is 18.7 Å². The number of aromatic nitrogens is 1. The Hall–Kier alpha value is -2.82. The number of benzene rings is 2. The van der Waals surface area contributed by atoms with Crippen molar-refractivity contribution in [3.05, 3.63) is 62.8 Å². The van der Waals surface area contributed by atoms with E-state index >= 15 is 0 Å². The van der Waals surface area contributed by atoms with Crippen LogP contribution in [0.2, 0.25) is 0 Å². The standard InChI is InChI=1S/C29H38F2N4O3S/c30-22-8-9-24(31)21(19-22)12-15-32-16-13-26(37)35(23-5-3-1-2-4-6-23)18-17-33-14-11-20-7-10-25(36)27-28(20)39-29(38)34-27/h7-10,19,23,32-33,36H,1-6,11-18H2,(H,34,38). The Kier molecular flexibility index (Phi) is 10.9. The van der Waals surface area contributed by atoms with E-state index < -0.39 is 11.6 Å². The van der Waals surface area contributed by atoms with E-state index in [0.717, 1.165) is 59.4 Å². The van der Waals surface area contributed by atoms with Gasteiger partial charge in [-0.05, 0) is 74.2 Å². The van der Waals surface area contributed by atoms with E-state index in [1.807, 2.05) is 11.0 Å². The molecule has 1 fully saturated rings. The lowest BCUT2D eigenvalue weighted by molar-refractivity contribution is -0.133. The SMILES string of the molecule is O=C(CCNCCc1cc(F)ccc1F)N(CCNCCc1ccc(O)c2[nH]c(=O)sc12)C1CCCCCC1. The second-order valence-electron chi connectivity index (χ2n) is 10.2. The maximum absolute atomic E-state index is 13.8. The third-order valence-corrected chi connectivity index (χ3v) is 8.38. The van der Waals surface area contributed by atoms with E-state index in [1.165, 1.54) is 18.9 Å². The van der Waals surface area contributed by atoms with E-state index in [0.29, 0.717) is 63.1 Å². The van der Waals surface area contributed by atoms with Crippen LogP contribution in [0.3, 0.4) is 0 Å². The van der Waals surface area contributed by atoms with Gasteiger partial charge in [0.15, 0.2) is 0 Å². The number of phenolic OH excluding ortho intramolecular Hbond substituents is 1. The largest absolute Gasteiger partial charge is 0.506 e. The van der Waals surface area contributed by atoms with Crippen LogP contribution in [0, 0.1) is 11.6 Å². The zero-order valence-corrected chi connectivity index (χ0v) is 23.1. The van der Waals surface area contributed by atoms with Crippen molar-refractivity contribution in [2.24, 2.45) is 0 Å². The minimum Gasteiger partial charge on any atom is -0.506 e.